The maximum Gasteiger partial charge on any atom is 0.261 e. The minimum absolute atomic E-state index is 0.0378. The molecule has 2 unspecified atom stereocenters. The normalized spacial score (nSPS) is 24.4. The number of carbonyl (C=O) groups is 4. The summed E-state index contributed by atoms with van der Waals surface area (Å²) in [6.07, 6.45) is 4.66. The lowest BCUT2D eigenvalue weighted by Gasteiger charge is -2.42. The van der Waals surface area contributed by atoms with E-state index in [0.29, 0.717) is 38.5 Å². The third-order valence-electron chi connectivity index (χ3n) is 16.9. The van der Waals surface area contributed by atoms with Gasteiger partial charge in [-0.1, -0.05) is 38.5 Å². The largest absolute Gasteiger partial charge is 0.269 e. The van der Waals surface area contributed by atoms with Crippen molar-refractivity contribution in [2.75, 3.05) is 0 Å². The van der Waals surface area contributed by atoms with Crippen LogP contribution in [0.1, 0.15) is 143 Å². The fraction of sp³-hybridized carbons (Fsp3) is 0.346. The van der Waals surface area contributed by atoms with Gasteiger partial charge >= 0.3 is 0 Å². The fourth-order valence-corrected chi connectivity index (χ4v) is 13.8. The van der Waals surface area contributed by atoms with E-state index in [-0.39, 0.29) is 115 Å². The highest BCUT2D eigenvalue weighted by atomic mass is 16.2. The molecule has 0 radical (unpaired) electrons. The number of carbonyl (C=O) groups excluding carboxylic acids is 4. The van der Waals surface area contributed by atoms with Gasteiger partial charge in [-0.3, -0.25) is 85.6 Å². The molecule has 3 saturated carbocycles. The Morgan fingerprint density at radius 2 is 0.457 bits per heavy atom. The highest BCUT2D eigenvalue weighted by Crippen LogP contribution is 2.44. The number of rotatable bonds is 0. The Labute approximate surface area is 390 Å². The summed E-state index contributed by atoms with van der Waals surface area (Å²) in [4.78, 5) is 178. The molecule has 0 N–H and O–H groups in total. The second kappa shape index (κ2) is 13.8. The summed E-state index contributed by atoms with van der Waals surface area (Å²) >= 11 is 0. The highest BCUT2D eigenvalue weighted by molar-refractivity contribution is 6.33. The summed E-state index contributed by atoms with van der Waals surface area (Å²) in [6, 6.07) is 4.63. The van der Waals surface area contributed by atoms with Crippen LogP contribution in [0.15, 0.2) is 86.9 Å². The topological polar surface area (TPSA) is 231 Å². The first-order chi connectivity index (χ1) is 33.8. The average Bonchev–Trinajstić information content (AvgIpc) is 3.96. The maximum atomic E-state index is 14.8. The van der Waals surface area contributed by atoms with Gasteiger partial charge in [0.1, 0.15) is 0 Å². The molecule has 8 aromatic rings. The van der Waals surface area contributed by atoms with Crippen LogP contribution in [0, 0.1) is 0 Å². The molecule has 0 saturated heterocycles. The van der Waals surface area contributed by atoms with Gasteiger partial charge in [0.15, 0.2) is 0 Å². The zero-order valence-corrected chi connectivity index (χ0v) is 37.2. The molecule has 17 aliphatic rings. The van der Waals surface area contributed by atoms with Gasteiger partial charge in [-0.25, -0.2) is 0 Å². The Balaban J connectivity index is 1.04. The van der Waals surface area contributed by atoms with E-state index in [1.54, 1.807) is 0 Å². The van der Waals surface area contributed by atoms with Gasteiger partial charge in [0.2, 0.25) is 0 Å². The molecular formula is C52H38N6O12. The zero-order chi connectivity index (χ0) is 48.1. The molecule has 18 heteroatoms. The summed E-state index contributed by atoms with van der Waals surface area (Å²) in [5.41, 5.74) is -5.99. The van der Waals surface area contributed by atoms with Crippen LogP contribution in [0.3, 0.4) is 0 Å². The van der Waals surface area contributed by atoms with Gasteiger partial charge in [0.25, 0.3) is 68.1 Å². The second-order valence-electron chi connectivity index (χ2n) is 20.1. The summed E-state index contributed by atoms with van der Waals surface area (Å²) in [5.74, 6) is -2.94. The van der Waals surface area contributed by atoms with Gasteiger partial charge in [-0.15, -0.1) is 0 Å². The Kier molecular flexibility index (Phi) is 8.10. The summed E-state index contributed by atoms with van der Waals surface area (Å²) in [7, 11) is 0. The van der Waals surface area contributed by atoms with Crippen LogP contribution in [0.25, 0.3) is 53.9 Å². The van der Waals surface area contributed by atoms with E-state index in [4.69, 9.17) is 0 Å². The Morgan fingerprint density at radius 1 is 0.271 bits per heavy atom. The minimum Gasteiger partial charge on any atom is -0.269 e. The van der Waals surface area contributed by atoms with Gasteiger partial charge < -0.3 is 0 Å². The molecule has 3 aliphatic carbocycles. The molecule has 6 atom stereocenters. The van der Waals surface area contributed by atoms with Gasteiger partial charge in [0, 0.05) is 33.0 Å². The molecule has 14 aliphatic heterocycles. The van der Waals surface area contributed by atoms with Crippen LogP contribution in [-0.2, 0) is 0 Å². The molecule has 70 heavy (non-hydrogen) atoms. The quantitative estimate of drug-likeness (QED) is 0.199. The molecule has 348 valence electrons. The first kappa shape index (κ1) is 41.0. The lowest BCUT2D eigenvalue weighted by atomic mass is 9.82. The van der Waals surface area contributed by atoms with Crippen molar-refractivity contribution in [2.24, 2.45) is 0 Å². The number of hydrogen-bond donors (Lipinski definition) is 0. The lowest BCUT2D eigenvalue weighted by molar-refractivity contribution is 0.0411. The molecule has 18 nitrogen and oxygen atoms in total. The Bertz CT molecular complexity index is 3820. The number of amides is 4. The summed E-state index contributed by atoms with van der Waals surface area (Å²) < 4.78 is 4.06. The van der Waals surface area contributed by atoms with Gasteiger partial charge in [-0.2, -0.15) is 0 Å². The molecule has 4 aromatic carbocycles. The van der Waals surface area contributed by atoms with Crippen molar-refractivity contribution in [3.63, 3.8) is 0 Å². The number of aromatic nitrogens is 4. The standard InChI is InChI=1S/C52H38N6O12/c59-41-21-13-15-23-40-24-16-14-22(39(21)40)42(60)53(41)33-7-1-3-9-35(33)55-45(63)25-17-29-30(18-26(25)46(55)64)50(68)57(49(29)67)37-11-5-6-12-38(37)58-51(69)31-19-27-28(20-32(31)52(58)70)48(66)56(47(27)65)36-10-4-2-8-34(36)54(43(23)61)44(24)62/h13-20,33-38H,1-12H2/t33-,34?,35-,36-,37-,38?/m0/s1. The molecule has 0 spiro atoms. The number of nitrogens with zero attached hydrogens (tertiary/aromatic N) is 6. The highest BCUT2D eigenvalue weighted by Gasteiger charge is 2.48. The van der Waals surface area contributed by atoms with Crippen LogP contribution in [0.5, 0.6) is 0 Å². The van der Waals surface area contributed by atoms with Crippen LogP contribution in [-0.4, -0.2) is 63.8 Å². The zero-order valence-electron chi connectivity index (χ0n) is 37.2. The minimum atomic E-state index is -1.00. The van der Waals surface area contributed by atoms with E-state index in [1.807, 2.05) is 0 Å². The van der Waals surface area contributed by atoms with E-state index in [0.717, 1.165) is 28.1 Å². The summed E-state index contributed by atoms with van der Waals surface area (Å²) in [5, 5.41) is -0.866. The van der Waals surface area contributed by atoms with E-state index in [9.17, 15) is 57.5 Å². The van der Waals surface area contributed by atoms with E-state index in [2.05, 4.69) is 0 Å². The van der Waals surface area contributed by atoms with Crippen molar-refractivity contribution in [3.05, 3.63) is 154 Å². The SMILES string of the molecule is O=C1c2ccc3c4c5ccc(c24)C(=O)N1C1CCCC[C@@H]1n1c(=O)c2cc4c(=O)n(c(=O)c4cc2c1=O)C1CCCC[C@@H]1n1c(=O)c2cc4c(=O)n(c(=O)c4cc2c1=O)[C@H]1CCCC[C@@H]1N(C3=O)C5=O. The second-order valence-corrected chi connectivity index (χ2v) is 20.1. The van der Waals surface area contributed by atoms with Crippen LogP contribution < -0.4 is 44.5 Å². The van der Waals surface area contributed by atoms with Crippen LogP contribution >= 0.6 is 0 Å². The Hall–Kier alpha value is -8.02. The molecule has 18 heterocycles. The predicted molar refractivity (Wildman–Crippen MR) is 254 cm³/mol. The molecule has 3 fully saturated rings. The monoisotopic (exact) mass is 938 g/mol. The molecular weight excluding hydrogens is 901 g/mol. The smallest absolute Gasteiger partial charge is 0.261 e. The van der Waals surface area contributed by atoms with Crippen LogP contribution in [0.4, 0.5) is 0 Å². The van der Waals surface area contributed by atoms with Crippen molar-refractivity contribution in [2.45, 2.75) is 113 Å². The van der Waals surface area contributed by atoms with Crippen molar-refractivity contribution in [1.29, 1.82) is 0 Å². The van der Waals surface area contributed by atoms with Crippen molar-refractivity contribution >= 4 is 77.5 Å². The van der Waals surface area contributed by atoms with Crippen molar-refractivity contribution in [3.8, 4) is 0 Å². The number of benzene rings is 4. The molecule has 20 bridgehead atoms. The first-order valence-corrected chi connectivity index (χ1v) is 24.0. The first-order valence-electron chi connectivity index (χ1n) is 24.0. The number of imide groups is 2. The van der Waals surface area contributed by atoms with Crippen molar-refractivity contribution < 1.29 is 19.2 Å². The number of hydrogen-bond acceptors (Lipinski definition) is 12. The third-order valence-corrected chi connectivity index (χ3v) is 16.9. The molecule has 4 amide bonds. The predicted octanol–water partition coefficient (Wildman–Crippen LogP) is 3.52. The fourth-order valence-electron chi connectivity index (χ4n) is 13.8. The average molecular weight is 939 g/mol. The maximum absolute atomic E-state index is 14.8. The van der Waals surface area contributed by atoms with Crippen molar-refractivity contribution in [1.82, 2.24) is 28.1 Å². The summed E-state index contributed by atoms with van der Waals surface area (Å²) in [6.45, 7) is 0. The van der Waals surface area contributed by atoms with Crippen LogP contribution in [0.2, 0.25) is 0 Å². The molecule has 4 aromatic heterocycles. The van der Waals surface area contributed by atoms with Gasteiger partial charge in [0.05, 0.1) is 79.3 Å². The van der Waals surface area contributed by atoms with Gasteiger partial charge in [-0.05, 0) is 87.1 Å². The lowest BCUT2D eigenvalue weighted by Crippen LogP contribution is -2.54. The van der Waals surface area contributed by atoms with E-state index < -0.39 is 104 Å². The molecule has 25 rings (SSSR count). The van der Waals surface area contributed by atoms with E-state index in [1.165, 1.54) is 48.5 Å². The Morgan fingerprint density at radius 3 is 0.671 bits per heavy atom. The third kappa shape index (κ3) is 4.87. The van der Waals surface area contributed by atoms with E-state index >= 15 is 0 Å².